The van der Waals surface area contributed by atoms with Gasteiger partial charge in [0.05, 0.1) is 12.3 Å². The van der Waals surface area contributed by atoms with Gasteiger partial charge in [-0.3, -0.25) is 9.59 Å². The fraction of sp³-hybridized carbons (Fsp3) is 0.176. The summed E-state index contributed by atoms with van der Waals surface area (Å²) >= 11 is 0. The number of carbonyl (C=O) groups excluding carboxylic acids is 2. The summed E-state index contributed by atoms with van der Waals surface area (Å²) in [6, 6.07) is 12.3. The second-order valence-corrected chi connectivity index (χ2v) is 4.71. The zero-order valence-corrected chi connectivity index (χ0v) is 12.6. The van der Waals surface area contributed by atoms with E-state index in [4.69, 9.17) is 4.74 Å². The highest BCUT2D eigenvalue weighted by atomic mass is 19.1. The van der Waals surface area contributed by atoms with Gasteiger partial charge in [-0.25, -0.2) is 4.39 Å². The molecular weight excluding hydrogens is 299 g/mol. The van der Waals surface area contributed by atoms with Crippen LogP contribution in [0, 0.1) is 5.82 Å². The Bertz CT molecular complexity index is 686. The molecule has 0 atom stereocenters. The van der Waals surface area contributed by atoms with Crippen LogP contribution >= 0.6 is 0 Å². The summed E-state index contributed by atoms with van der Waals surface area (Å²) in [5.41, 5.74) is 0.938. The minimum absolute atomic E-state index is 0.349. The molecule has 0 saturated carbocycles. The Balaban J connectivity index is 1.91. The number of anilines is 2. The van der Waals surface area contributed by atoms with Crippen LogP contribution in [0.4, 0.5) is 15.8 Å². The highest BCUT2D eigenvalue weighted by Gasteiger charge is 2.12. The smallest absolute Gasteiger partial charge is 0.233 e. The van der Waals surface area contributed by atoms with Crippen LogP contribution in [0.1, 0.15) is 13.3 Å². The molecule has 0 bridgehead atoms. The maximum Gasteiger partial charge on any atom is 0.233 e. The van der Waals surface area contributed by atoms with Gasteiger partial charge in [-0.05, 0) is 43.3 Å². The topological polar surface area (TPSA) is 67.4 Å². The number of para-hydroxylation sites is 2. The molecule has 0 aliphatic heterocycles. The lowest BCUT2D eigenvalue weighted by Gasteiger charge is -2.11. The maximum absolute atomic E-state index is 12.8. The van der Waals surface area contributed by atoms with Crippen molar-refractivity contribution in [3.05, 3.63) is 54.3 Å². The van der Waals surface area contributed by atoms with Gasteiger partial charge in [-0.15, -0.1) is 0 Å². The molecule has 5 nitrogen and oxygen atoms in total. The van der Waals surface area contributed by atoms with Gasteiger partial charge in [0.2, 0.25) is 11.8 Å². The van der Waals surface area contributed by atoms with Crippen LogP contribution in [0.3, 0.4) is 0 Å². The first-order valence-electron chi connectivity index (χ1n) is 7.15. The van der Waals surface area contributed by atoms with Crippen molar-refractivity contribution in [1.29, 1.82) is 0 Å². The number of ether oxygens (including phenoxy) is 1. The van der Waals surface area contributed by atoms with Crippen LogP contribution in [0.2, 0.25) is 0 Å². The van der Waals surface area contributed by atoms with E-state index in [1.807, 2.05) is 6.92 Å². The van der Waals surface area contributed by atoms with Crippen LogP contribution in [-0.2, 0) is 9.59 Å². The minimum atomic E-state index is -0.483. The Kier molecular flexibility index (Phi) is 5.68. The quantitative estimate of drug-likeness (QED) is 0.804. The van der Waals surface area contributed by atoms with Crippen LogP contribution in [-0.4, -0.2) is 18.4 Å². The molecule has 0 aliphatic rings. The number of nitrogens with one attached hydrogen (secondary N) is 2. The second-order valence-electron chi connectivity index (χ2n) is 4.71. The van der Waals surface area contributed by atoms with E-state index >= 15 is 0 Å². The standard InChI is InChI=1S/C17H17FN2O3/c1-2-23-15-6-4-3-5-14(15)20-17(22)11-16(21)19-13-9-7-12(18)8-10-13/h3-10H,2,11H2,1H3,(H,19,21)(H,20,22). The van der Waals surface area contributed by atoms with Gasteiger partial charge in [0.25, 0.3) is 0 Å². The van der Waals surface area contributed by atoms with E-state index in [1.165, 1.54) is 24.3 Å². The van der Waals surface area contributed by atoms with Gasteiger partial charge in [0.1, 0.15) is 18.0 Å². The van der Waals surface area contributed by atoms with Crippen LogP contribution in [0.25, 0.3) is 0 Å². The summed E-state index contributed by atoms with van der Waals surface area (Å²) in [5, 5.41) is 5.16. The molecule has 0 saturated heterocycles. The lowest BCUT2D eigenvalue weighted by atomic mass is 10.2. The van der Waals surface area contributed by atoms with Gasteiger partial charge < -0.3 is 15.4 Å². The zero-order valence-electron chi connectivity index (χ0n) is 12.6. The molecule has 6 heteroatoms. The summed E-state index contributed by atoms with van der Waals surface area (Å²) < 4.78 is 18.2. The normalized spacial score (nSPS) is 10.0. The van der Waals surface area contributed by atoms with Crippen molar-refractivity contribution in [3.63, 3.8) is 0 Å². The predicted molar refractivity (Wildman–Crippen MR) is 85.9 cm³/mol. The third kappa shape index (κ3) is 5.10. The molecule has 0 fully saturated rings. The van der Waals surface area contributed by atoms with Crippen molar-refractivity contribution < 1.29 is 18.7 Å². The summed E-state index contributed by atoms with van der Waals surface area (Å²) in [7, 11) is 0. The van der Waals surface area contributed by atoms with Gasteiger partial charge in [-0.1, -0.05) is 12.1 Å². The van der Waals surface area contributed by atoms with Gasteiger partial charge in [0, 0.05) is 5.69 Å². The molecule has 2 aromatic rings. The molecule has 23 heavy (non-hydrogen) atoms. The average molecular weight is 316 g/mol. The maximum atomic E-state index is 12.8. The van der Waals surface area contributed by atoms with Gasteiger partial charge >= 0.3 is 0 Å². The molecule has 2 rings (SSSR count). The molecule has 0 radical (unpaired) electrons. The van der Waals surface area contributed by atoms with Crippen molar-refractivity contribution in [3.8, 4) is 5.75 Å². The Morgan fingerprint density at radius 3 is 2.35 bits per heavy atom. The molecule has 120 valence electrons. The predicted octanol–water partition coefficient (Wildman–Crippen LogP) is 3.19. The number of halogens is 1. The minimum Gasteiger partial charge on any atom is -0.492 e. The van der Waals surface area contributed by atoms with E-state index in [9.17, 15) is 14.0 Å². The van der Waals surface area contributed by atoms with Crippen molar-refractivity contribution >= 4 is 23.2 Å². The number of carbonyl (C=O) groups is 2. The highest BCUT2D eigenvalue weighted by molar-refractivity contribution is 6.08. The third-order valence-corrected chi connectivity index (χ3v) is 2.91. The molecule has 0 unspecified atom stereocenters. The summed E-state index contributed by atoms with van der Waals surface area (Å²) in [6.07, 6.45) is -0.349. The summed E-state index contributed by atoms with van der Waals surface area (Å²) in [4.78, 5) is 23.7. The zero-order chi connectivity index (χ0) is 16.7. The molecular formula is C17H17FN2O3. The number of benzene rings is 2. The van der Waals surface area contributed by atoms with Crippen molar-refractivity contribution in [1.82, 2.24) is 0 Å². The monoisotopic (exact) mass is 316 g/mol. The number of hydrogen-bond acceptors (Lipinski definition) is 3. The summed E-state index contributed by atoms with van der Waals surface area (Å²) in [5.74, 6) is -0.796. The molecule has 2 amide bonds. The van der Waals surface area contributed by atoms with E-state index in [-0.39, 0.29) is 6.42 Å². The lowest BCUT2D eigenvalue weighted by molar-refractivity contribution is -0.123. The molecule has 2 N–H and O–H groups in total. The van der Waals surface area contributed by atoms with Crippen LogP contribution in [0.5, 0.6) is 5.75 Å². The number of hydrogen-bond donors (Lipinski definition) is 2. The number of amides is 2. The van der Waals surface area contributed by atoms with E-state index in [0.717, 1.165) is 0 Å². The molecule has 0 aromatic heterocycles. The second kappa shape index (κ2) is 7.93. The fourth-order valence-corrected chi connectivity index (χ4v) is 1.93. The molecule has 2 aromatic carbocycles. The molecule has 0 aliphatic carbocycles. The van der Waals surface area contributed by atoms with E-state index < -0.39 is 17.6 Å². The SMILES string of the molecule is CCOc1ccccc1NC(=O)CC(=O)Nc1ccc(F)cc1. The first-order valence-corrected chi connectivity index (χ1v) is 7.15. The van der Waals surface area contributed by atoms with Gasteiger partial charge in [-0.2, -0.15) is 0 Å². The van der Waals surface area contributed by atoms with Crippen LogP contribution < -0.4 is 15.4 Å². The van der Waals surface area contributed by atoms with Crippen molar-refractivity contribution in [2.75, 3.05) is 17.2 Å². The largest absolute Gasteiger partial charge is 0.492 e. The first kappa shape index (κ1) is 16.5. The van der Waals surface area contributed by atoms with Gasteiger partial charge in [0.15, 0.2) is 0 Å². The first-order chi connectivity index (χ1) is 11.1. The molecule has 0 heterocycles. The van der Waals surface area contributed by atoms with Crippen molar-refractivity contribution in [2.45, 2.75) is 13.3 Å². The highest BCUT2D eigenvalue weighted by Crippen LogP contribution is 2.23. The Labute approximate surface area is 133 Å². The third-order valence-electron chi connectivity index (χ3n) is 2.91. The fourth-order valence-electron chi connectivity index (χ4n) is 1.93. The Morgan fingerprint density at radius 2 is 1.65 bits per heavy atom. The van der Waals surface area contributed by atoms with Crippen molar-refractivity contribution in [2.24, 2.45) is 0 Å². The van der Waals surface area contributed by atoms with E-state index in [0.29, 0.717) is 23.7 Å². The van der Waals surface area contributed by atoms with E-state index in [1.54, 1.807) is 24.3 Å². The van der Waals surface area contributed by atoms with Crippen LogP contribution in [0.15, 0.2) is 48.5 Å². The Hall–Kier alpha value is -2.89. The average Bonchev–Trinajstić information content (AvgIpc) is 2.51. The Morgan fingerprint density at radius 1 is 1.00 bits per heavy atom. The number of rotatable bonds is 6. The molecule has 0 spiro atoms. The summed E-state index contributed by atoms with van der Waals surface area (Å²) in [6.45, 7) is 2.31. The van der Waals surface area contributed by atoms with E-state index in [2.05, 4.69) is 10.6 Å². The lowest BCUT2D eigenvalue weighted by Crippen LogP contribution is -2.21.